The van der Waals surface area contributed by atoms with E-state index in [4.69, 9.17) is 4.52 Å². The summed E-state index contributed by atoms with van der Waals surface area (Å²) in [7, 11) is 0. The molecule has 0 fully saturated rings. The Hall–Kier alpha value is -1.33. The van der Waals surface area contributed by atoms with Crippen LogP contribution >= 0.6 is 11.8 Å². The van der Waals surface area contributed by atoms with Crippen molar-refractivity contribution in [2.24, 2.45) is 0 Å². The lowest BCUT2D eigenvalue weighted by molar-refractivity contribution is 0.337. The van der Waals surface area contributed by atoms with E-state index in [2.05, 4.69) is 41.4 Å². The van der Waals surface area contributed by atoms with E-state index in [9.17, 15) is 0 Å². The van der Waals surface area contributed by atoms with Gasteiger partial charge in [0.2, 0.25) is 5.89 Å². The Kier molecular flexibility index (Phi) is 5.61. The van der Waals surface area contributed by atoms with E-state index < -0.39 is 0 Å². The minimum Gasteiger partial charge on any atom is -0.338 e. The van der Waals surface area contributed by atoms with Crippen molar-refractivity contribution < 1.29 is 4.52 Å². The summed E-state index contributed by atoms with van der Waals surface area (Å²) in [6, 6.07) is 8.44. The van der Waals surface area contributed by atoms with E-state index in [1.807, 2.05) is 19.1 Å². The van der Waals surface area contributed by atoms with Gasteiger partial charge in [0.15, 0.2) is 5.82 Å². The van der Waals surface area contributed by atoms with Crippen LogP contribution in [0.25, 0.3) is 0 Å². The lowest BCUT2D eigenvalue weighted by atomic mass is 10.2. The SMILES string of the molecule is CCCNC(C)c1nc(CSc2ccccc2C)no1. The molecule has 1 unspecified atom stereocenters. The Balaban J connectivity index is 1.91. The molecule has 20 heavy (non-hydrogen) atoms. The molecule has 1 atom stereocenters. The highest BCUT2D eigenvalue weighted by Gasteiger charge is 2.13. The molecule has 0 aliphatic rings. The van der Waals surface area contributed by atoms with Crippen LogP contribution in [0.15, 0.2) is 33.7 Å². The highest BCUT2D eigenvalue weighted by atomic mass is 32.2. The molecule has 0 aliphatic heterocycles. The number of aromatic nitrogens is 2. The van der Waals surface area contributed by atoms with Gasteiger partial charge in [-0.1, -0.05) is 30.3 Å². The largest absolute Gasteiger partial charge is 0.338 e. The summed E-state index contributed by atoms with van der Waals surface area (Å²) in [6.45, 7) is 7.25. The molecule has 1 heterocycles. The van der Waals surface area contributed by atoms with Gasteiger partial charge >= 0.3 is 0 Å². The summed E-state index contributed by atoms with van der Waals surface area (Å²) < 4.78 is 5.31. The molecule has 1 aromatic carbocycles. The molecular formula is C15H21N3OS. The molecule has 0 saturated carbocycles. The summed E-state index contributed by atoms with van der Waals surface area (Å²) in [5, 5.41) is 7.38. The second kappa shape index (κ2) is 7.45. The van der Waals surface area contributed by atoms with E-state index in [1.54, 1.807) is 11.8 Å². The van der Waals surface area contributed by atoms with Crippen LogP contribution in [0.4, 0.5) is 0 Å². The first-order valence-electron chi connectivity index (χ1n) is 6.95. The Labute approximate surface area is 124 Å². The van der Waals surface area contributed by atoms with E-state index in [0.29, 0.717) is 5.89 Å². The highest BCUT2D eigenvalue weighted by molar-refractivity contribution is 7.98. The quantitative estimate of drug-likeness (QED) is 0.788. The third-order valence-electron chi connectivity index (χ3n) is 3.01. The van der Waals surface area contributed by atoms with E-state index in [-0.39, 0.29) is 6.04 Å². The van der Waals surface area contributed by atoms with Gasteiger partial charge in [0, 0.05) is 4.90 Å². The molecule has 2 rings (SSSR count). The van der Waals surface area contributed by atoms with Crippen LogP contribution in [0.3, 0.4) is 0 Å². The monoisotopic (exact) mass is 291 g/mol. The van der Waals surface area contributed by atoms with Gasteiger partial charge in [-0.2, -0.15) is 4.98 Å². The van der Waals surface area contributed by atoms with Gasteiger partial charge in [0.05, 0.1) is 11.8 Å². The second-order valence-corrected chi connectivity index (χ2v) is 5.80. The van der Waals surface area contributed by atoms with Crippen LogP contribution in [0.1, 0.15) is 43.6 Å². The molecule has 0 spiro atoms. The Morgan fingerprint density at radius 1 is 1.35 bits per heavy atom. The Morgan fingerprint density at radius 3 is 2.90 bits per heavy atom. The molecule has 108 valence electrons. The van der Waals surface area contributed by atoms with Crippen molar-refractivity contribution in [1.82, 2.24) is 15.5 Å². The zero-order valence-electron chi connectivity index (χ0n) is 12.2. The average Bonchev–Trinajstić information content (AvgIpc) is 2.93. The molecule has 1 aromatic heterocycles. The molecule has 0 amide bonds. The molecule has 1 N–H and O–H groups in total. The number of nitrogens with one attached hydrogen (secondary N) is 1. The van der Waals surface area contributed by atoms with Crippen molar-refractivity contribution >= 4 is 11.8 Å². The first-order chi connectivity index (χ1) is 9.70. The first kappa shape index (κ1) is 15.1. The van der Waals surface area contributed by atoms with E-state index >= 15 is 0 Å². The van der Waals surface area contributed by atoms with Crippen LogP contribution in [-0.2, 0) is 5.75 Å². The van der Waals surface area contributed by atoms with Gasteiger partial charge in [0.25, 0.3) is 0 Å². The number of thioether (sulfide) groups is 1. The normalized spacial score (nSPS) is 12.6. The molecule has 0 radical (unpaired) electrons. The van der Waals surface area contributed by atoms with E-state index in [0.717, 1.165) is 24.5 Å². The van der Waals surface area contributed by atoms with Gasteiger partial charge in [-0.15, -0.1) is 11.8 Å². The second-order valence-electron chi connectivity index (χ2n) is 4.78. The third-order valence-corrected chi connectivity index (χ3v) is 4.18. The first-order valence-corrected chi connectivity index (χ1v) is 7.93. The zero-order chi connectivity index (χ0) is 14.4. The summed E-state index contributed by atoms with van der Waals surface area (Å²) in [5.74, 6) is 2.15. The van der Waals surface area contributed by atoms with Gasteiger partial charge in [0.1, 0.15) is 0 Å². The lowest BCUT2D eigenvalue weighted by Gasteiger charge is -2.06. The molecule has 0 saturated heterocycles. The predicted octanol–water partition coefficient (Wildman–Crippen LogP) is 3.73. The van der Waals surface area contributed by atoms with Gasteiger partial charge in [-0.3, -0.25) is 0 Å². The topological polar surface area (TPSA) is 51.0 Å². The average molecular weight is 291 g/mol. The van der Waals surface area contributed by atoms with Crippen molar-refractivity contribution in [1.29, 1.82) is 0 Å². The molecule has 0 aliphatic carbocycles. The van der Waals surface area contributed by atoms with Crippen molar-refractivity contribution in [3.8, 4) is 0 Å². The summed E-state index contributed by atoms with van der Waals surface area (Å²) in [5.41, 5.74) is 1.28. The van der Waals surface area contributed by atoms with Crippen LogP contribution in [-0.4, -0.2) is 16.7 Å². The minimum absolute atomic E-state index is 0.111. The fourth-order valence-corrected chi connectivity index (χ4v) is 2.68. The molecule has 5 heteroatoms. The molecule has 4 nitrogen and oxygen atoms in total. The smallest absolute Gasteiger partial charge is 0.243 e. The number of nitrogens with zero attached hydrogens (tertiary/aromatic N) is 2. The fraction of sp³-hybridized carbons (Fsp3) is 0.467. The number of hydrogen-bond donors (Lipinski definition) is 1. The number of hydrogen-bond acceptors (Lipinski definition) is 5. The van der Waals surface area contributed by atoms with Crippen molar-refractivity contribution in [3.63, 3.8) is 0 Å². The zero-order valence-corrected chi connectivity index (χ0v) is 13.0. The molecule has 0 bridgehead atoms. The van der Waals surface area contributed by atoms with Crippen LogP contribution < -0.4 is 5.32 Å². The van der Waals surface area contributed by atoms with Crippen molar-refractivity contribution in [2.75, 3.05) is 6.54 Å². The predicted molar refractivity (Wildman–Crippen MR) is 81.7 cm³/mol. The maximum Gasteiger partial charge on any atom is 0.243 e. The maximum absolute atomic E-state index is 5.31. The lowest BCUT2D eigenvalue weighted by Crippen LogP contribution is -2.19. The number of rotatable bonds is 7. The summed E-state index contributed by atoms with van der Waals surface area (Å²) >= 11 is 1.74. The molecular weight excluding hydrogens is 270 g/mol. The Morgan fingerprint density at radius 2 is 2.15 bits per heavy atom. The minimum atomic E-state index is 0.111. The summed E-state index contributed by atoms with van der Waals surface area (Å²) in [4.78, 5) is 5.71. The standard InChI is InChI=1S/C15H21N3OS/c1-4-9-16-12(3)15-17-14(18-19-15)10-20-13-8-6-5-7-11(13)2/h5-8,12,16H,4,9-10H2,1-3H3. The number of aryl methyl sites for hydroxylation is 1. The number of benzene rings is 1. The van der Waals surface area contributed by atoms with Crippen LogP contribution in [0.5, 0.6) is 0 Å². The maximum atomic E-state index is 5.31. The molecule has 2 aromatic rings. The van der Waals surface area contributed by atoms with Gasteiger partial charge < -0.3 is 9.84 Å². The van der Waals surface area contributed by atoms with Crippen LogP contribution in [0.2, 0.25) is 0 Å². The Bertz CT molecular complexity index is 541. The van der Waals surface area contributed by atoms with Crippen molar-refractivity contribution in [3.05, 3.63) is 41.5 Å². The fourth-order valence-electron chi connectivity index (χ4n) is 1.81. The van der Waals surface area contributed by atoms with Crippen LogP contribution in [0, 0.1) is 6.92 Å². The van der Waals surface area contributed by atoms with Gasteiger partial charge in [-0.05, 0) is 38.4 Å². The summed E-state index contributed by atoms with van der Waals surface area (Å²) in [6.07, 6.45) is 1.09. The van der Waals surface area contributed by atoms with E-state index in [1.165, 1.54) is 10.5 Å². The highest BCUT2D eigenvalue weighted by Crippen LogP contribution is 2.25. The van der Waals surface area contributed by atoms with Crippen molar-refractivity contribution in [2.45, 2.75) is 43.9 Å². The van der Waals surface area contributed by atoms with Gasteiger partial charge in [-0.25, -0.2) is 0 Å². The third kappa shape index (κ3) is 4.08.